The molecule has 0 amide bonds. The zero-order valence-corrected chi connectivity index (χ0v) is 11.9. The van der Waals surface area contributed by atoms with Crippen molar-refractivity contribution in [3.05, 3.63) is 35.4 Å². The van der Waals surface area contributed by atoms with E-state index >= 15 is 0 Å². The molecule has 2 atom stereocenters. The number of likely N-dealkylation sites (N-methyl/N-ethyl adjacent to an activating group) is 1. The fraction of sp³-hybridized carbons (Fsp3) is 0.571. The molecule has 0 radical (unpaired) electrons. The third kappa shape index (κ3) is 5.11. The first kappa shape index (κ1) is 16.9. The molecule has 0 aliphatic heterocycles. The summed E-state index contributed by atoms with van der Waals surface area (Å²) in [5.74, 6) is 0. The molecule has 0 spiro atoms. The SMILES string of the molecule is C[C@H](NC[C@@H](O)CN(C)C)c1ccccc1C(F)(F)F. The van der Waals surface area contributed by atoms with E-state index in [9.17, 15) is 18.3 Å². The molecule has 0 saturated heterocycles. The molecule has 0 aliphatic carbocycles. The van der Waals surface area contributed by atoms with Gasteiger partial charge in [0.25, 0.3) is 0 Å². The van der Waals surface area contributed by atoms with Gasteiger partial charge < -0.3 is 15.3 Å². The Morgan fingerprint density at radius 1 is 1.25 bits per heavy atom. The Labute approximate surface area is 117 Å². The van der Waals surface area contributed by atoms with Crippen LogP contribution in [0.15, 0.2) is 24.3 Å². The monoisotopic (exact) mass is 290 g/mol. The molecule has 0 heterocycles. The van der Waals surface area contributed by atoms with Crippen LogP contribution in [0.2, 0.25) is 0 Å². The van der Waals surface area contributed by atoms with Crippen molar-refractivity contribution in [2.45, 2.75) is 25.2 Å². The van der Waals surface area contributed by atoms with Crippen molar-refractivity contribution >= 4 is 0 Å². The van der Waals surface area contributed by atoms with E-state index in [2.05, 4.69) is 5.32 Å². The van der Waals surface area contributed by atoms with E-state index < -0.39 is 23.9 Å². The van der Waals surface area contributed by atoms with Gasteiger partial charge in [0, 0.05) is 19.1 Å². The predicted octanol–water partition coefficient (Wildman–Crippen LogP) is 2.28. The molecule has 20 heavy (non-hydrogen) atoms. The Bertz CT molecular complexity index is 421. The van der Waals surface area contributed by atoms with Gasteiger partial charge in [0.05, 0.1) is 11.7 Å². The molecular formula is C14H21F3N2O. The standard InChI is InChI=1S/C14H21F3N2O/c1-10(18-8-11(20)9-19(2)3)12-6-4-5-7-13(12)14(15,16)17/h4-7,10-11,18,20H,8-9H2,1-3H3/t10-,11+/m0/s1. The lowest BCUT2D eigenvalue weighted by molar-refractivity contribution is -0.138. The Hall–Kier alpha value is -1.11. The van der Waals surface area contributed by atoms with Crippen LogP contribution in [0, 0.1) is 0 Å². The van der Waals surface area contributed by atoms with E-state index in [1.165, 1.54) is 12.1 Å². The number of aliphatic hydroxyl groups is 1. The van der Waals surface area contributed by atoms with Gasteiger partial charge in [0.2, 0.25) is 0 Å². The Morgan fingerprint density at radius 2 is 1.85 bits per heavy atom. The first-order valence-electron chi connectivity index (χ1n) is 6.44. The minimum absolute atomic E-state index is 0.192. The smallest absolute Gasteiger partial charge is 0.390 e. The minimum Gasteiger partial charge on any atom is -0.390 e. The van der Waals surface area contributed by atoms with Crippen molar-refractivity contribution in [3.63, 3.8) is 0 Å². The van der Waals surface area contributed by atoms with Crippen LogP contribution in [0.3, 0.4) is 0 Å². The number of hydrogen-bond donors (Lipinski definition) is 2. The highest BCUT2D eigenvalue weighted by Gasteiger charge is 2.34. The highest BCUT2D eigenvalue weighted by atomic mass is 19.4. The maximum Gasteiger partial charge on any atom is 0.416 e. The van der Waals surface area contributed by atoms with Crippen molar-refractivity contribution in [3.8, 4) is 0 Å². The lowest BCUT2D eigenvalue weighted by atomic mass is 10.0. The lowest BCUT2D eigenvalue weighted by Gasteiger charge is -2.22. The number of rotatable bonds is 6. The summed E-state index contributed by atoms with van der Waals surface area (Å²) in [7, 11) is 3.65. The van der Waals surface area contributed by atoms with Crippen LogP contribution in [-0.4, -0.2) is 43.3 Å². The average molecular weight is 290 g/mol. The summed E-state index contributed by atoms with van der Waals surface area (Å²) in [6.07, 6.45) is -4.99. The average Bonchev–Trinajstić information content (AvgIpc) is 2.34. The van der Waals surface area contributed by atoms with Gasteiger partial charge in [-0.1, -0.05) is 18.2 Å². The third-order valence-electron chi connectivity index (χ3n) is 2.97. The molecule has 1 aromatic rings. The molecule has 0 fully saturated rings. The second-order valence-electron chi connectivity index (χ2n) is 5.13. The van der Waals surface area contributed by atoms with Gasteiger partial charge >= 0.3 is 6.18 Å². The van der Waals surface area contributed by atoms with Crippen LogP contribution in [0.1, 0.15) is 24.1 Å². The zero-order valence-electron chi connectivity index (χ0n) is 11.9. The van der Waals surface area contributed by atoms with Crippen LogP contribution < -0.4 is 5.32 Å². The largest absolute Gasteiger partial charge is 0.416 e. The van der Waals surface area contributed by atoms with Crippen molar-refractivity contribution in [1.82, 2.24) is 10.2 Å². The highest BCUT2D eigenvalue weighted by molar-refractivity contribution is 5.32. The molecule has 0 bridgehead atoms. The number of nitrogens with one attached hydrogen (secondary N) is 1. The van der Waals surface area contributed by atoms with E-state index in [0.717, 1.165) is 6.07 Å². The lowest BCUT2D eigenvalue weighted by Crippen LogP contribution is -2.36. The number of nitrogens with zero attached hydrogens (tertiary/aromatic N) is 1. The number of benzene rings is 1. The van der Waals surface area contributed by atoms with Crippen LogP contribution >= 0.6 is 0 Å². The summed E-state index contributed by atoms with van der Waals surface area (Å²) < 4.78 is 38.7. The van der Waals surface area contributed by atoms with E-state index in [1.807, 2.05) is 19.0 Å². The van der Waals surface area contributed by atoms with Crippen LogP contribution in [0.4, 0.5) is 13.2 Å². The molecule has 0 saturated carbocycles. The summed E-state index contributed by atoms with van der Waals surface area (Å²) in [4.78, 5) is 1.82. The molecule has 6 heteroatoms. The van der Waals surface area contributed by atoms with Crippen molar-refractivity contribution in [1.29, 1.82) is 0 Å². The van der Waals surface area contributed by atoms with Gasteiger partial charge in [-0.15, -0.1) is 0 Å². The van der Waals surface area contributed by atoms with E-state index in [-0.39, 0.29) is 12.1 Å². The summed E-state index contributed by atoms with van der Waals surface area (Å²) in [6, 6.07) is 5.01. The third-order valence-corrected chi connectivity index (χ3v) is 2.97. The molecule has 3 nitrogen and oxygen atoms in total. The second kappa shape index (κ2) is 7.06. The Morgan fingerprint density at radius 3 is 2.40 bits per heavy atom. The Balaban J connectivity index is 2.71. The molecule has 0 aliphatic rings. The summed E-state index contributed by atoms with van der Waals surface area (Å²) in [5.41, 5.74) is -0.445. The molecule has 1 aromatic carbocycles. The molecule has 114 valence electrons. The Kier molecular flexibility index (Phi) is 5.98. The van der Waals surface area contributed by atoms with Gasteiger partial charge in [-0.25, -0.2) is 0 Å². The highest BCUT2D eigenvalue weighted by Crippen LogP contribution is 2.34. The zero-order chi connectivity index (χ0) is 15.3. The normalized spacial score (nSPS) is 15.4. The quantitative estimate of drug-likeness (QED) is 0.844. The topological polar surface area (TPSA) is 35.5 Å². The summed E-state index contributed by atoms with van der Waals surface area (Å²) in [6.45, 7) is 2.36. The molecule has 2 N–H and O–H groups in total. The van der Waals surface area contributed by atoms with Gasteiger partial charge in [0.15, 0.2) is 0 Å². The molecule has 0 unspecified atom stereocenters. The van der Waals surface area contributed by atoms with Crippen LogP contribution in [0.25, 0.3) is 0 Å². The maximum absolute atomic E-state index is 12.9. The molecule has 1 rings (SSSR count). The van der Waals surface area contributed by atoms with Crippen LogP contribution in [0.5, 0.6) is 0 Å². The van der Waals surface area contributed by atoms with Crippen LogP contribution in [-0.2, 0) is 6.18 Å². The van der Waals surface area contributed by atoms with Gasteiger partial charge in [-0.3, -0.25) is 0 Å². The van der Waals surface area contributed by atoms with E-state index in [1.54, 1.807) is 13.0 Å². The van der Waals surface area contributed by atoms with E-state index in [4.69, 9.17) is 0 Å². The fourth-order valence-corrected chi connectivity index (χ4v) is 2.04. The second-order valence-corrected chi connectivity index (χ2v) is 5.13. The summed E-state index contributed by atoms with van der Waals surface area (Å²) >= 11 is 0. The molecular weight excluding hydrogens is 269 g/mol. The predicted molar refractivity (Wildman–Crippen MR) is 72.4 cm³/mol. The van der Waals surface area contributed by atoms with Crippen molar-refractivity contribution < 1.29 is 18.3 Å². The van der Waals surface area contributed by atoms with Gasteiger partial charge in [0.1, 0.15) is 0 Å². The number of halogens is 3. The first-order valence-corrected chi connectivity index (χ1v) is 6.44. The first-order chi connectivity index (χ1) is 9.21. The fourth-order valence-electron chi connectivity index (χ4n) is 2.04. The van der Waals surface area contributed by atoms with Gasteiger partial charge in [-0.05, 0) is 32.6 Å². The number of hydrogen-bond acceptors (Lipinski definition) is 3. The number of alkyl halides is 3. The van der Waals surface area contributed by atoms with Gasteiger partial charge in [-0.2, -0.15) is 13.2 Å². The van der Waals surface area contributed by atoms with Crippen molar-refractivity contribution in [2.75, 3.05) is 27.2 Å². The number of aliphatic hydroxyl groups excluding tert-OH is 1. The minimum atomic E-state index is -4.37. The van der Waals surface area contributed by atoms with Crippen molar-refractivity contribution in [2.24, 2.45) is 0 Å². The maximum atomic E-state index is 12.9. The molecule has 0 aromatic heterocycles. The van der Waals surface area contributed by atoms with E-state index in [0.29, 0.717) is 6.54 Å². The summed E-state index contributed by atoms with van der Waals surface area (Å²) in [5, 5.41) is 12.7.